The van der Waals surface area contributed by atoms with Crippen molar-refractivity contribution < 1.29 is 34.5 Å². The fraction of sp³-hybridized carbons (Fsp3) is 0.857. The second-order valence-electron chi connectivity index (χ2n) is 9.36. The molecule has 0 unspecified atom stereocenters. The molecule has 0 amide bonds. The van der Waals surface area contributed by atoms with Crippen molar-refractivity contribution in [3.63, 3.8) is 0 Å². The highest BCUT2D eigenvalue weighted by Crippen LogP contribution is 2.35. The van der Waals surface area contributed by atoms with Crippen LogP contribution < -0.4 is 4.72 Å². The molecule has 8 atom stereocenters. The predicted octanol–water partition coefficient (Wildman–Crippen LogP) is 0.463. The summed E-state index contributed by atoms with van der Waals surface area (Å²) in [4.78, 5) is 10.8. The van der Waals surface area contributed by atoms with Gasteiger partial charge in [0.1, 0.15) is 34.6 Å². The standard InChI is InChI=1S/C20H36N2O5S2.CH2O2/c1-20(2,3)29(26)21-14-9-5-4-8-13(12-22-10-6-7-11-22)28-19-17(25)15(23)16(24)18(14)27-19;2-1-3/h4-5,13-19,21,23-25H,6-12H2,1-3H3;1H,(H,2,3)/b5-4-;/t13-,14+,15-,16+,17+,18+,19+,29+;/m0./s1. The number of nitrogens with zero attached hydrogens (tertiary/aromatic N) is 1. The van der Waals surface area contributed by atoms with Gasteiger partial charge in [0.25, 0.3) is 6.47 Å². The van der Waals surface area contributed by atoms with Crippen LogP contribution in [0, 0.1) is 0 Å². The Labute approximate surface area is 197 Å². The largest absolute Gasteiger partial charge is 0.598 e. The zero-order valence-electron chi connectivity index (χ0n) is 19.0. The molecule has 3 aliphatic rings. The number of hydrogen-bond donors (Lipinski definition) is 5. The fourth-order valence-electron chi connectivity index (χ4n) is 3.99. The molecule has 32 heavy (non-hydrogen) atoms. The van der Waals surface area contributed by atoms with Gasteiger partial charge in [0.05, 0.1) is 6.04 Å². The van der Waals surface area contributed by atoms with E-state index in [1.54, 1.807) is 0 Å². The molecule has 186 valence electrons. The van der Waals surface area contributed by atoms with Crippen molar-refractivity contribution in [2.45, 2.75) is 92.3 Å². The fourth-order valence-corrected chi connectivity index (χ4v) is 6.26. The van der Waals surface area contributed by atoms with E-state index in [0.29, 0.717) is 6.42 Å². The highest BCUT2D eigenvalue weighted by molar-refractivity contribution is 8.00. The van der Waals surface area contributed by atoms with Crippen LogP contribution in [0.2, 0.25) is 0 Å². The lowest BCUT2D eigenvalue weighted by Gasteiger charge is -2.44. The number of aliphatic hydroxyl groups excluding tert-OH is 3. The smallest absolute Gasteiger partial charge is 0.290 e. The predicted molar refractivity (Wildman–Crippen MR) is 126 cm³/mol. The number of hydrogen-bond acceptors (Lipinski definition) is 9. The number of allylic oxidation sites excluding steroid dienone is 1. The molecule has 0 saturated carbocycles. The third-order valence-corrected chi connectivity index (χ3v) is 8.77. The summed E-state index contributed by atoms with van der Waals surface area (Å²) in [6.07, 6.45) is 3.53. The molecule has 3 heterocycles. The molecular formula is C21H38N2O7S2. The van der Waals surface area contributed by atoms with Crippen LogP contribution in [0.3, 0.4) is 0 Å². The van der Waals surface area contributed by atoms with E-state index in [2.05, 4.69) is 15.7 Å². The molecule has 2 saturated heterocycles. The van der Waals surface area contributed by atoms with Gasteiger partial charge in [0.15, 0.2) is 0 Å². The first-order valence-corrected chi connectivity index (χ1v) is 13.2. The number of carbonyl (C=O) groups is 1. The number of fused-ring (bicyclic) bond motifs is 2. The third-order valence-electron chi connectivity index (χ3n) is 5.76. The van der Waals surface area contributed by atoms with Gasteiger partial charge in [-0.3, -0.25) is 4.79 Å². The molecular weight excluding hydrogens is 456 g/mol. The highest BCUT2D eigenvalue weighted by Gasteiger charge is 2.48. The zero-order valence-corrected chi connectivity index (χ0v) is 20.6. The molecule has 9 nitrogen and oxygen atoms in total. The summed E-state index contributed by atoms with van der Waals surface area (Å²) in [5.41, 5.74) is -0.634. The Morgan fingerprint density at radius 3 is 2.34 bits per heavy atom. The first kappa shape index (κ1) is 27.9. The van der Waals surface area contributed by atoms with E-state index in [-0.39, 0.29) is 11.7 Å². The first-order valence-electron chi connectivity index (χ1n) is 11.1. The van der Waals surface area contributed by atoms with E-state index < -0.39 is 52.0 Å². The van der Waals surface area contributed by atoms with E-state index in [1.165, 1.54) is 24.6 Å². The maximum absolute atomic E-state index is 12.7. The average molecular weight is 495 g/mol. The monoisotopic (exact) mass is 494 g/mol. The van der Waals surface area contributed by atoms with Gasteiger partial charge in [-0.2, -0.15) is 0 Å². The minimum Gasteiger partial charge on any atom is -0.598 e. The average Bonchev–Trinajstić information content (AvgIpc) is 3.23. The van der Waals surface area contributed by atoms with Gasteiger partial charge in [0, 0.05) is 23.2 Å². The number of thioether (sulfide) groups is 1. The van der Waals surface area contributed by atoms with E-state index in [0.717, 1.165) is 26.1 Å². The normalized spacial score (nSPS) is 38.3. The minimum atomic E-state index is -1.35. The maximum atomic E-state index is 12.7. The van der Waals surface area contributed by atoms with Gasteiger partial charge in [-0.05, 0) is 59.5 Å². The number of ether oxygens (including phenoxy) is 1. The Hall–Kier alpha value is -0.370. The minimum absolute atomic E-state index is 0.236. The number of aliphatic hydroxyl groups is 3. The van der Waals surface area contributed by atoms with Gasteiger partial charge in [0.2, 0.25) is 0 Å². The lowest BCUT2D eigenvalue weighted by atomic mass is 9.93. The molecule has 3 rings (SSSR count). The van der Waals surface area contributed by atoms with E-state index in [1.807, 2.05) is 26.8 Å². The molecule has 0 aromatic heterocycles. The second kappa shape index (κ2) is 12.9. The summed E-state index contributed by atoms with van der Waals surface area (Å²) in [7, 11) is 0. The van der Waals surface area contributed by atoms with Crippen LogP contribution in [0.25, 0.3) is 0 Å². The Balaban J connectivity index is 0.00000114. The third kappa shape index (κ3) is 7.85. The van der Waals surface area contributed by atoms with Gasteiger partial charge in [-0.15, -0.1) is 16.5 Å². The van der Waals surface area contributed by atoms with Crippen molar-refractivity contribution >= 4 is 29.6 Å². The molecule has 3 aliphatic heterocycles. The Bertz CT molecular complexity index is 601. The molecule has 5 N–H and O–H groups in total. The molecule has 2 bridgehead atoms. The van der Waals surface area contributed by atoms with Crippen LogP contribution in [0.1, 0.15) is 46.5 Å². The molecule has 0 radical (unpaired) electrons. The van der Waals surface area contributed by atoms with Crippen LogP contribution in [0.15, 0.2) is 12.2 Å². The van der Waals surface area contributed by atoms with Crippen LogP contribution in [-0.4, -0.2) is 102 Å². The molecule has 0 spiro atoms. The van der Waals surface area contributed by atoms with Crippen molar-refractivity contribution in [1.82, 2.24) is 9.62 Å². The van der Waals surface area contributed by atoms with Crippen molar-refractivity contribution in [1.29, 1.82) is 0 Å². The van der Waals surface area contributed by atoms with Gasteiger partial charge < -0.3 is 34.6 Å². The van der Waals surface area contributed by atoms with Gasteiger partial charge >= 0.3 is 0 Å². The summed E-state index contributed by atoms with van der Waals surface area (Å²) in [5.74, 6) is 0. The lowest BCUT2D eigenvalue weighted by molar-refractivity contribution is -0.203. The van der Waals surface area contributed by atoms with Crippen LogP contribution in [0.5, 0.6) is 0 Å². The quantitative estimate of drug-likeness (QED) is 0.212. The van der Waals surface area contributed by atoms with E-state index in [9.17, 15) is 19.9 Å². The Morgan fingerprint density at radius 1 is 1.16 bits per heavy atom. The summed E-state index contributed by atoms with van der Waals surface area (Å²) >= 11 is 0.185. The molecule has 2 fully saturated rings. The van der Waals surface area contributed by atoms with Crippen LogP contribution in [0.4, 0.5) is 0 Å². The van der Waals surface area contributed by atoms with Crippen molar-refractivity contribution in [2.24, 2.45) is 0 Å². The van der Waals surface area contributed by atoms with E-state index >= 15 is 0 Å². The number of rotatable bonds is 4. The molecule has 0 aromatic carbocycles. The molecule has 11 heteroatoms. The molecule has 0 aromatic rings. The van der Waals surface area contributed by atoms with Crippen molar-refractivity contribution in [2.75, 3.05) is 19.6 Å². The first-order chi connectivity index (χ1) is 15.1. The number of likely N-dealkylation sites (tertiary alicyclic amines) is 1. The van der Waals surface area contributed by atoms with Crippen LogP contribution >= 0.6 is 11.8 Å². The topological polar surface area (TPSA) is 146 Å². The summed E-state index contributed by atoms with van der Waals surface area (Å²) in [6, 6.07) is -0.429. The van der Waals surface area contributed by atoms with E-state index in [4.69, 9.17) is 14.6 Å². The number of nitrogens with one attached hydrogen (secondary N) is 1. The molecule has 0 aliphatic carbocycles. The maximum Gasteiger partial charge on any atom is 0.290 e. The summed E-state index contributed by atoms with van der Waals surface area (Å²) < 4.78 is 21.4. The summed E-state index contributed by atoms with van der Waals surface area (Å²) in [5, 5.41) is 38.8. The second-order valence-corrected chi connectivity index (χ2v) is 12.8. The van der Waals surface area contributed by atoms with Crippen LogP contribution in [-0.2, 0) is 20.9 Å². The van der Waals surface area contributed by atoms with Crippen molar-refractivity contribution in [3.8, 4) is 0 Å². The lowest BCUT2D eigenvalue weighted by Crippen LogP contribution is -2.63. The Morgan fingerprint density at radius 2 is 1.75 bits per heavy atom. The van der Waals surface area contributed by atoms with Gasteiger partial charge in [-0.25, -0.2) is 0 Å². The highest BCUT2D eigenvalue weighted by atomic mass is 32.2. The SMILES string of the molecule is CC(C)(C)[S@@+]([O-])N[C@@H]1C/C=C\C[C@@H](CN2CCCC2)S[C@H]2O[C@H]1[C@H](O)[C@H](O)[C@H]2O.O=CO. The Kier molecular flexibility index (Phi) is 11.2. The van der Waals surface area contributed by atoms with Gasteiger partial charge in [-0.1, -0.05) is 12.2 Å². The van der Waals surface area contributed by atoms with Crippen molar-refractivity contribution in [3.05, 3.63) is 12.2 Å². The number of carboxylic acid groups (broad SMARTS) is 1. The zero-order chi connectivity index (χ0) is 23.9. The summed E-state index contributed by atoms with van der Waals surface area (Å²) in [6.45, 7) is 8.51.